The first kappa shape index (κ1) is 14.2. The molecule has 0 bridgehead atoms. The van der Waals surface area contributed by atoms with E-state index in [1.807, 2.05) is 0 Å². The van der Waals surface area contributed by atoms with E-state index < -0.39 is 0 Å². The monoisotopic (exact) mass is 276 g/mol. The molecule has 2 aromatic carbocycles. The molecule has 0 fully saturated rings. The van der Waals surface area contributed by atoms with E-state index in [0.717, 1.165) is 0 Å². The van der Waals surface area contributed by atoms with Crippen LogP contribution in [0.25, 0.3) is 0 Å². The van der Waals surface area contributed by atoms with Gasteiger partial charge >= 0.3 is 0 Å². The molecule has 2 rings (SSSR count). The summed E-state index contributed by atoms with van der Waals surface area (Å²) in [6.07, 6.45) is 0.154. The van der Waals surface area contributed by atoms with Crippen molar-refractivity contribution in [3.05, 3.63) is 65.2 Å². The number of rotatable bonds is 5. The Morgan fingerprint density at radius 3 is 2.45 bits per heavy atom. The molecule has 2 aromatic rings. The summed E-state index contributed by atoms with van der Waals surface area (Å²) in [6.45, 7) is 1.82. The number of halogens is 2. The number of carbonyl (C=O) groups excluding carboxylic acids is 1. The summed E-state index contributed by atoms with van der Waals surface area (Å²) in [5.41, 5.74) is 0.977. The molecule has 0 saturated carbocycles. The lowest BCUT2D eigenvalue weighted by atomic mass is 10.1. The number of ether oxygens (including phenoxy) is 1. The summed E-state index contributed by atoms with van der Waals surface area (Å²) < 4.78 is 31.3. The summed E-state index contributed by atoms with van der Waals surface area (Å²) in [4.78, 5) is 11.8. The number of benzene rings is 2. The fourth-order valence-electron chi connectivity index (χ4n) is 1.71. The van der Waals surface area contributed by atoms with Gasteiger partial charge in [-0.2, -0.15) is 0 Å². The second kappa shape index (κ2) is 6.28. The molecule has 0 aromatic heterocycles. The number of hydrogen-bond donors (Lipinski definition) is 0. The van der Waals surface area contributed by atoms with Crippen LogP contribution in [0.5, 0.6) is 5.75 Å². The highest BCUT2D eigenvalue weighted by molar-refractivity contribution is 5.96. The van der Waals surface area contributed by atoms with Crippen LogP contribution < -0.4 is 4.74 Å². The lowest BCUT2D eigenvalue weighted by molar-refractivity contribution is 0.0962. The standard InChI is InChI=1S/C16H14F2O2/c1-11-2-7-14(10-15(11)18)20-9-8-16(19)12-3-5-13(17)6-4-12/h2-7,10H,8-9H2,1H3. The zero-order valence-corrected chi connectivity index (χ0v) is 11.0. The van der Waals surface area contributed by atoms with Crippen LogP contribution in [-0.2, 0) is 0 Å². The van der Waals surface area contributed by atoms with E-state index in [1.165, 1.54) is 30.3 Å². The van der Waals surface area contributed by atoms with Crippen molar-refractivity contribution >= 4 is 5.78 Å². The molecule has 0 atom stereocenters. The molecule has 4 heteroatoms. The maximum absolute atomic E-state index is 13.3. The largest absolute Gasteiger partial charge is 0.493 e. The molecule has 0 radical (unpaired) electrons. The third-order valence-corrected chi connectivity index (χ3v) is 2.91. The minimum atomic E-state index is -0.382. The van der Waals surface area contributed by atoms with Crippen molar-refractivity contribution in [2.45, 2.75) is 13.3 Å². The molecule has 0 spiro atoms. The first-order chi connectivity index (χ1) is 9.56. The predicted octanol–water partition coefficient (Wildman–Crippen LogP) is 3.93. The van der Waals surface area contributed by atoms with Crippen molar-refractivity contribution in [3.8, 4) is 5.75 Å². The third kappa shape index (κ3) is 3.63. The molecular weight excluding hydrogens is 262 g/mol. The molecule has 2 nitrogen and oxygen atoms in total. The second-order valence-corrected chi connectivity index (χ2v) is 4.44. The summed E-state index contributed by atoms with van der Waals surface area (Å²) in [7, 11) is 0. The zero-order chi connectivity index (χ0) is 14.5. The highest BCUT2D eigenvalue weighted by Gasteiger charge is 2.07. The van der Waals surface area contributed by atoms with Gasteiger partial charge in [0.25, 0.3) is 0 Å². The maximum Gasteiger partial charge on any atom is 0.166 e. The Kier molecular flexibility index (Phi) is 4.45. The van der Waals surface area contributed by atoms with Gasteiger partial charge in [-0.25, -0.2) is 8.78 Å². The van der Waals surface area contributed by atoms with Crippen LogP contribution in [0.4, 0.5) is 8.78 Å². The first-order valence-electron chi connectivity index (χ1n) is 6.24. The molecular formula is C16H14F2O2. The van der Waals surface area contributed by atoms with Gasteiger partial charge in [0.2, 0.25) is 0 Å². The number of Topliss-reactive ketones (excluding diaryl/α,β-unsaturated/α-hetero) is 1. The highest BCUT2D eigenvalue weighted by Crippen LogP contribution is 2.16. The maximum atomic E-state index is 13.3. The molecule has 0 unspecified atom stereocenters. The number of aryl methyl sites for hydroxylation is 1. The zero-order valence-electron chi connectivity index (χ0n) is 11.0. The van der Waals surface area contributed by atoms with Crippen molar-refractivity contribution in [1.82, 2.24) is 0 Å². The van der Waals surface area contributed by atoms with E-state index in [0.29, 0.717) is 16.9 Å². The average molecular weight is 276 g/mol. The van der Waals surface area contributed by atoms with E-state index in [1.54, 1.807) is 19.1 Å². The minimum Gasteiger partial charge on any atom is -0.493 e. The van der Waals surface area contributed by atoms with E-state index in [9.17, 15) is 13.6 Å². The topological polar surface area (TPSA) is 26.3 Å². The van der Waals surface area contributed by atoms with Gasteiger partial charge in [-0.3, -0.25) is 4.79 Å². The summed E-state index contributed by atoms with van der Waals surface area (Å²) in [5, 5.41) is 0. The van der Waals surface area contributed by atoms with Crippen LogP contribution in [0.15, 0.2) is 42.5 Å². The molecule has 0 saturated heterocycles. The van der Waals surface area contributed by atoms with Gasteiger partial charge in [0, 0.05) is 18.1 Å². The van der Waals surface area contributed by atoms with Crippen LogP contribution in [-0.4, -0.2) is 12.4 Å². The Morgan fingerprint density at radius 2 is 1.80 bits per heavy atom. The van der Waals surface area contributed by atoms with E-state index in [2.05, 4.69) is 0 Å². The first-order valence-corrected chi connectivity index (χ1v) is 6.24. The normalized spacial score (nSPS) is 10.3. The Bertz CT molecular complexity index is 606. The lowest BCUT2D eigenvalue weighted by Crippen LogP contribution is -2.07. The molecule has 0 aliphatic rings. The van der Waals surface area contributed by atoms with Gasteiger partial charge in [-0.1, -0.05) is 6.07 Å². The van der Waals surface area contributed by atoms with E-state index >= 15 is 0 Å². The fourth-order valence-corrected chi connectivity index (χ4v) is 1.71. The van der Waals surface area contributed by atoms with Crippen molar-refractivity contribution in [2.75, 3.05) is 6.61 Å². The summed E-state index contributed by atoms with van der Waals surface area (Å²) in [6, 6.07) is 9.91. The van der Waals surface area contributed by atoms with Gasteiger partial charge < -0.3 is 4.74 Å². The molecule has 0 heterocycles. The molecule has 0 aliphatic heterocycles. The lowest BCUT2D eigenvalue weighted by Gasteiger charge is -2.07. The van der Waals surface area contributed by atoms with Crippen molar-refractivity contribution in [1.29, 1.82) is 0 Å². The molecule has 0 amide bonds. The molecule has 20 heavy (non-hydrogen) atoms. The minimum absolute atomic E-state index is 0.141. The Morgan fingerprint density at radius 1 is 1.10 bits per heavy atom. The summed E-state index contributed by atoms with van der Waals surface area (Å²) >= 11 is 0. The molecule has 0 N–H and O–H groups in total. The van der Waals surface area contributed by atoms with Crippen molar-refractivity contribution in [2.24, 2.45) is 0 Å². The van der Waals surface area contributed by atoms with Crippen LogP contribution >= 0.6 is 0 Å². The smallest absolute Gasteiger partial charge is 0.166 e. The van der Waals surface area contributed by atoms with Gasteiger partial charge in [-0.15, -0.1) is 0 Å². The van der Waals surface area contributed by atoms with E-state index in [-0.39, 0.29) is 30.4 Å². The van der Waals surface area contributed by atoms with Gasteiger partial charge in [0.1, 0.15) is 17.4 Å². The predicted molar refractivity (Wildman–Crippen MR) is 72.0 cm³/mol. The van der Waals surface area contributed by atoms with Crippen molar-refractivity contribution in [3.63, 3.8) is 0 Å². The number of ketones is 1. The fraction of sp³-hybridized carbons (Fsp3) is 0.188. The van der Waals surface area contributed by atoms with Gasteiger partial charge in [0.15, 0.2) is 5.78 Å². The van der Waals surface area contributed by atoms with Crippen LogP contribution in [0.2, 0.25) is 0 Å². The summed E-state index contributed by atoms with van der Waals surface area (Å²) in [5.74, 6) is -0.474. The second-order valence-electron chi connectivity index (χ2n) is 4.44. The number of carbonyl (C=O) groups is 1. The van der Waals surface area contributed by atoms with Crippen LogP contribution in [0.1, 0.15) is 22.3 Å². The molecule has 0 aliphatic carbocycles. The average Bonchev–Trinajstić information content (AvgIpc) is 2.43. The highest BCUT2D eigenvalue weighted by atomic mass is 19.1. The van der Waals surface area contributed by atoms with Gasteiger partial charge in [0.05, 0.1) is 6.61 Å². The van der Waals surface area contributed by atoms with Gasteiger partial charge in [-0.05, 0) is 42.8 Å². The third-order valence-electron chi connectivity index (χ3n) is 2.91. The number of hydrogen-bond acceptors (Lipinski definition) is 2. The van der Waals surface area contributed by atoms with Crippen molar-refractivity contribution < 1.29 is 18.3 Å². The Hall–Kier alpha value is -2.23. The quantitative estimate of drug-likeness (QED) is 0.773. The Labute approximate surface area is 116 Å². The molecule has 104 valence electrons. The van der Waals surface area contributed by atoms with Crippen LogP contribution in [0, 0.1) is 18.6 Å². The Balaban J connectivity index is 1.87. The van der Waals surface area contributed by atoms with E-state index in [4.69, 9.17) is 4.74 Å². The SMILES string of the molecule is Cc1ccc(OCCC(=O)c2ccc(F)cc2)cc1F. The van der Waals surface area contributed by atoms with Crippen LogP contribution in [0.3, 0.4) is 0 Å².